The molecule has 0 saturated carbocycles. The highest BCUT2D eigenvalue weighted by atomic mass is 16.3. The van der Waals surface area contributed by atoms with Crippen molar-refractivity contribution in [3.63, 3.8) is 0 Å². The number of urea groups is 1. The van der Waals surface area contributed by atoms with Crippen molar-refractivity contribution in [2.24, 2.45) is 0 Å². The Hall–Kier alpha value is -2.40. The molecule has 1 atom stereocenters. The van der Waals surface area contributed by atoms with Crippen molar-refractivity contribution in [3.8, 4) is 11.1 Å². The molecule has 1 heterocycles. The van der Waals surface area contributed by atoms with E-state index in [4.69, 9.17) is 5.11 Å². The van der Waals surface area contributed by atoms with E-state index in [1.165, 1.54) is 0 Å². The summed E-state index contributed by atoms with van der Waals surface area (Å²) in [5.74, 6) is 0. The van der Waals surface area contributed by atoms with Crippen LogP contribution in [0.4, 0.5) is 4.79 Å². The lowest BCUT2D eigenvalue weighted by Gasteiger charge is -2.15. The highest BCUT2D eigenvalue weighted by molar-refractivity contribution is 5.74. The first-order chi connectivity index (χ1) is 10.7. The van der Waals surface area contributed by atoms with E-state index in [1.54, 1.807) is 12.4 Å². The summed E-state index contributed by atoms with van der Waals surface area (Å²) in [6.07, 6.45) is 4.09. The Kier molecular flexibility index (Phi) is 5.91. The van der Waals surface area contributed by atoms with E-state index in [0.717, 1.165) is 16.7 Å². The van der Waals surface area contributed by atoms with E-state index in [0.29, 0.717) is 13.0 Å². The molecule has 22 heavy (non-hydrogen) atoms. The molecule has 0 radical (unpaired) electrons. The minimum atomic E-state index is -0.223. The largest absolute Gasteiger partial charge is 0.396 e. The summed E-state index contributed by atoms with van der Waals surface area (Å²) in [5.41, 5.74) is 3.27. The fourth-order valence-corrected chi connectivity index (χ4v) is 2.12. The van der Waals surface area contributed by atoms with Gasteiger partial charge in [0.15, 0.2) is 0 Å². The zero-order valence-corrected chi connectivity index (χ0v) is 12.6. The predicted molar refractivity (Wildman–Crippen MR) is 86.3 cm³/mol. The lowest BCUT2D eigenvalue weighted by atomic mass is 10.0. The first kappa shape index (κ1) is 16.0. The first-order valence-electron chi connectivity index (χ1n) is 7.36. The van der Waals surface area contributed by atoms with Gasteiger partial charge in [-0.15, -0.1) is 0 Å². The Balaban J connectivity index is 1.94. The van der Waals surface area contributed by atoms with Crippen LogP contribution < -0.4 is 10.6 Å². The molecule has 0 aliphatic rings. The molecule has 0 saturated heterocycles. The van der Waals surface area contributed by atoms with E-state index in [1.807, 2.05) is 43.3 Å². The summed E-state index contributed by atoms with van der Waals surface area (Å²) in [7, 11) is 0. The summed E-state index contributed by atoms with van der Waals surface area (Å²) >= 11 is 0. The van der Waals surface area contributed by atoms with Gasteiger partial charge in [-0.25, -0.2) is 4.79 Å². The molecular weight excluding hydrogens is 278 g/mol. The van der Waals surface area contributed by atoms with Gasteiger partial charge in [0.1, 0.15) is 0 Å². The molecular formula is C17H21N3O2. The summed E-state index contributed by atoms with van der Waals surface area (Å²) in [4.78, 5) is 15.7. The van der Waals surface area contributed by atoms with Crippen LogP contribution in [-0.4, -0.2) is 29.3 Å². The van der Waals surface area contributed by atoms with E-state index < -0.39 is 0 Å². The number of nitrogens with one attached hydrogen (secondary N) is 2. The third-order valence-electron chi connectivity index (χ3n) is 3.39. The molecule has 2 aromatic rings. The average Bonchev–Trinajstić information content (AvgIpc) is 2.56. The van der Waals surface area contributed by atoms with Crippen LogP contribution in [0.5, 0.6) is 0 Å². The van der Waals surface area contributed by atoms with Gasteiger partial charge in [0.25, 0.3) is 0 Å². The Morgan fingerprint density at radius 2 is 1.77 bits per heavy atom. The Morgan fingerprint density at radius 1 is 1.14 bits per heavy atom. The third kappa shape index (κ3) is 4.56. The molecule has 1 aromatic heterocycles. The average molecular weight is 299 g/mol. The van der Waals surface area contributed by atoms with Crippen LogP contribution in [0.3, 0.4) is 0 Å². The topological polar surface area (TPSA) is 74.2 Å². The molecule has 0 spiro atoms. The van der Waals surface area contributed by atoms with Gasteiger partial charge in [-0.3, -0.25) is 4.98 Å². The number of amides is 2. The molecule has 2 rings (SSSR count). The number of pyridine rings is 1. The van der Waals surface area contributed by atoms with Gasteiger partial charge >= 0.3 is 6.03 Å². The predicted octanol–water partition coefficient (Wildman–Crippen LogP) is 2.49. The van der Waals surface area contributed by atoms with Crippen molar-refractivity contribution in [1.29, 1.82) is 0 Å². The van der Waals surface area contributed by atoms with Crippen molar-refractivity contribution >= 4 is 6.03 Å². The number of hydrogen-bond donors (Lipinski definition) is 3. The maximum atomic E-state index is 11.7. The molecule has 116 valence electrons. The standard InChI is InChI=1S/C17H21N3O2/c1-13(20-17(22)19-9-2-12-21)14-3-5-15(6-4-14)16-7-10-18-11-8-16/h3-8,10-11,13,21H,2,9,12H2,1H3,(H2,19,20,22)/t13-/m0/s1. The van der Waals surface area contributed by atoms with E-state index in [9.17, 15) is 4.79 Å². The summed E-state index contributed by atoms with van der Waals surface area (Å²) in [5, 5.41) is 14.3. The van der Waals surface area contributed by atoms with Crippen molar-refractivity contribution in [1.82, 2.24) is 15.6 Å². The number of carbonyl (C=O) groups excluding carboxylic acids is 1. The minimum Gasteiger partial charge on any atom is -0.396 e. The molecule has 3 N–H and O–H groups in total. The molecule has 0 aliphatic carbocycles. The van der Waals surface area contributed by atoms with Gasteiger partial charge in [0, 0.05) is 25.5 Å². The fraction of sp³-hybridized carbons (Fsp3) is 0.294. The van der Waals surface area contributed by atoms with Gasteiger partial charge in [-0.05, 0) is 42.2 Å². The summed E-state index contributed by atoms with van der Waals surface area (Å²) in [6, 6.07) is 11.7. The van der Waals surface area contributed by atoms with Crippen LogP contribution in [0, 0.1) is 0 Å². The zero-order valence-electron chi connectivity index (χ0n) is 12.6. The van der Waals surface area contributed by atoms with Gasteiger partial charge in [0.05, 0.1) is 6.04 Å². The normalized spacial score (nSPS) is 11.7. The fourth-order valence-electron chi connectivity index (χ4n) is 2.12. The maximum absolute atomic E-state index is 11.7. The molecule has 0 fully saturated rings. The second-order valence-corrected chi connectivity index (χ2v) is 5.06. The molecule has 0 aliphatic heterocycles. The number of benzene rings is 1. The van der Waals surface area contributed by atoms with Gasteiger partial charge in [-0.1, -0.05) is 24.3 Å². The highest BCUT2D eigenvalue weighted by Crippen LogP contribution is 2.21. The van der Waals surface area contributed by atoms with Gasteiger partial charge in [-0.2, -0.15) is 0 Å². The summed E-state index contributed by atoms with van der Waals surface area (Å²) in [6.45, 7) is 2.48. The Bertz CT molecular complexity index is 585. The molecule has 0 bridgehead atoms. The third-order valence-corrected chi connectivity index (χ3v) is 3.39. The van der Waals surface area contributed by atoms with E-state index in [2.05, 4.69) is 15.6 Å². The summed E-state index contributed by atoms with van der Waals surface area (Å²) < 4.78 is 0. The lowest BCUT2D eigenvalue weighted by molar-refractivity contribution is 0.235. The molecule has 5 nitrogen and oxygen atoms in total. The van der Waals surface area contributed by atoms with Crippen molar-refractivity contribution < 1.29 is 9.90 Å². The number of aliphatic hydroxyl groups excluding tert-OH is 1. The zero-order chi connectivity index (χ0) is 15.8. The first-order valence-corrected chi connectivity index (χ1v) is 7.36. The van der Waals surface area contributed by atoms with Crippen molar-refractivity contribution in [3.05, 3.63) is 54.4 Å². The highest BCUT2D eigenvalue weighted by Gasteiger charge is 2.09. The Morgan fingerprint density at radius 3 is 2.41 bits per heavy atom. The second-order valence-electron chi connectivity index (χ2n) is 5.06. The second kappa shape index (κ2) is 8.14. The maximum Gasteiger partial charge on any atom is 0.315 e. The molecule has 5 heteroatoms. The quantitative estimate of drug-likeness (QED) is 0.717. The lowest BCUT2D eigenvalue weighted by Crippen LogP contribution is -2.37. The van der Waals surface area contributed by atoms with Crippen LogP contribution in [0.1, 0.15) is 24.9 Å². The number of nitrogens with zero attached hydrogens (tertiary/aromatic N) is 1. The van der Waals surface area contributed by atoms with Gasteiger partial charge in [0.2, 0.25) is 0 Å². The molecule has 0 unspecified atom stereocenters. The van der Waals surface area contributed by atoms with Gasteiger partial charge < -0.3 is 15.7 Å². The minimum absolute atomic E-state index is 0.0757. The number of aromatic nitrogens is 1. The van der Waals surface area contributed by atoms with Crippen LogP contribution >= 0.6 is 0 Å². The van der Waals surface area contributed by atoms with E-state index in [-0.39, 0.29) is 18.7 Å². The molecule has 1 aromatic carbocycles. The monoisotopic (exact) mass is 299 g/mol. The number of aliphatic hydroxyl groups is 1. The Labute approximate surface area is 130 Å². The van der Waals surface area contributed by atoms with Crippen LogP contribution in [0.25, 0.3) is 11.1 Å². The van der Waals surface area contributed by atoms with Crippen LogP contribution in [-0.2, 0) is 0 Å². The van der Waals surface area contributed by atoms with E-state index >= 15 is 0 Å². The van der Waals surface area contributed by atoms with Crippen LogP contribution in [0.15, 0.2) is 48.8 Å². The molecule has 2 amide bonds. The number of hydrogen-bond acceptors (Lipinski definition) is 3. The van der Waals surface area contributed by atoms with Crippen LogP contribution in [0.2, 0.25) is 0 Å². The van der Waals surface area contributed by atoms with Crippen molar-refractivity contribution in [2.45, 2.75) is 19.4 Å². The number of rotatable bonds is 6. The van der Waals surface area contributed by atoms with Crippen molar-refractivity contribution in [2.75, 3.05) is 13.2 Å². The SMILES string of the molecule is C[C@H](NC(=O)NCCCO)c1ccc(-c2ccncc2)cc1. The smallest absolute Gasteiger partial charge is 0.315 e. The number of carbonyl (C=O) groups is 1.